The van der Waals surface area contributed by atoms with E-state index in [1.807, 2.05) is 0 Å². The van der Waals surface area contributed by atoms with Crippen molar-refractivity contribution in [2.24, 2.45) is 0 Å². The molecule has 8 nitrogen and oxygen atoms in total. The molecule has 0 bridgehead atoms. The van der Waals surface area contributed by atoms with E-state index >= 15 is 0 Å². The van der Waals surface area contributed by atoms with Crippen LogP contribution in [-0.2, 0) is 37.9 Å². The standard InChI is InChI=1S/Mg.Mn.2H2O4S.2H/c;;2*1-5(2,3)4;;/h;;2*(H2,1,2,3,4);;/q+2;;;;2*-1. The first-order valence-electron chi connectivity index (χ1n) is 1.40. The van der Waals surface area contributed by atoms with Gasteiger partial charge in [0.2, 0.25) is 0 Å². The van der Waals surface area contributed by atoms with Crippen LogP contribution in [0.3, 0.4) is 0 Å². The average molecular weight is 277 g/mol. The van der Waals surface area contributed by atoms with Crippen molar-refractivity contribution in [3.05, 3.63) is 0 Å². The fraction of sp³-hybridized carbons (Fsp3) is 0. The largest absolute Gasteiger partial charge is 2.00 e. The summed E-state index contributed by atoms with van der Waals surface area (Å²) in [6.07, 6.45) is 0. The molecule has 0 saturated carbocycles. The summed E-state index contributed by atoms with van der Waals surface area (Å²) >= 11 is 0. The zero-order valence-corrected chi connectivity index (χ0v) is 9.55. The maximum atomic E-state index is 8.74. The van der Waals surface area contributed by atoms with Crippen LogP contribution in [-0.4, -0.2) is 58.1 Å². The summed E-state index contributed by atoms with van der Waals surface area (Å²) in [4.78, 5) is 0. The van der Waals surface area contributed by atoms with Gasteiger partial charge in [0.05, 0.1) is 0 Å². The van der Waals surface area contributed by atoms with E-state index in [9.17, 15) is 0 Å². The molecule has 0 aromatic heterocycles. The van der Waals surface area contributed by atoms with E-state index in [-0.39, 0.29) is 43.0 Å². The molecule has 0 aliphatic rings. The molecular weight excluding hydrogens is 271 g/mol. The second kappa shape index (κ2) is 8.62. The average Bonchev–Trinajstić information content (AvgIpc) is 1.12. The third kappa shape index (κ3) is 1050. The second-order valence-electron chi connectivity index (χ2n) is 0.896. The van der Waals surface area contributed by atoms with Crippen LogP contribution in [0.25, 0.3) is 0 Å². The molecule has 1 radical (unpaired) electrons. The summed E-state index contributed by atoms with van der Waals surface area (Å²) in [6, 6.07) is 0. The van der Waals surface area contributed by atoms with E-state index in [0.717, 1.165) is 0 Å². The maximum absolute atomic E-state index is 8.74. The molecule has 0 aliphatic heterocycles. The predicted molar refractivity (Wildman–Crippen MR) is 36.3 cm³/mol. The van der Waals surface area contributed by atoms with Crippen LogP contribution < -0.4 is 0 Å². The summed E-state index contributed by atoms with van der Waals surface area (Å²) < 4.78 is 63.2. The second-order valence-corrected chi connectivity index (χ2v) is 2.69. The molecule has 4 N–H and O–H groups in total. The minimum Gasteiger partial charge on any atom is -1.00 e. The predicted octanol–water partition coefficient (Wildman–Crippen LogP) is -1.46. The number of rotatable bonds is 0. The van der Waals surface area contributed by atoms with Gasteiger partial charge in [-0.15, -0.1) is 0 Å². The van der Waals surface area contributed by atoms with Crippen molar-refractivity contribution < 1.29 is 55.0 Å². The molecule has 0 aliphatic carbocycles. The summed E-state index contributed by atoms with van der Waals surface area (Å²) in [6.45, 7) is 0. The molecule has 75 valence electrons. The smallest absolute Gasteiger partial charge is 1.00 e. The maximum Gasteiger partial charge on any atom is 2.00 e. The Hall–Kier alpha value is 1.03. The van der Waals surface area contributed by atoms with Gasteiger partial charge in [0.25, 0.3) is 0 Å². The van der Waals surface area contributed by atoms with Crippen LogP contribution in [0, 0.1) is 0 Å². The van der Waals surface area contributed by atoms with Gasteiger partial charge in [-0.25, -0.2) is 0 Å². The van der Waals surface area contributed by atoms with Crippen LogP contribution >= 0.6 is 0 Å². The molecule has 12 heteroatoms. The first-order valence-corrected chi connectivity index (χ1v) is 4.19. The van der Waals surface area contributed by atoms with Gasteiger partial charge in [0.1, 0.15) is 0 Å². The van der Waals surface area contributed by atoms with Gasteiger partial charge in [0, 0.05) is 17.1 Å². The SMILES string of the molecule is O=S(=O)(O)O.O=S(=O)(O)O.[H-].[H-].[Mg+2].[Mn]. The van der Waals surface area contributed by atoms with E-state index in [1.54, 1.807) is 0 Å². The first kappa shape index (κ1) is 23.1. The Bertz CT molecular complexity index is 222. The molecule has 0 fully saturated rings. The monoisotopic (exact) mass is 277 g/mol. The van der Waals surface area contributed by atoms with Crippen molar-refractivity contribution in [3.63, 3.8) is 0 Å². The van der Waals surface area contributed by atoms with Crippen LogP contribution in [0.15, 0.2) is 0 Å². The fourth-order valence-electron chi connectivity index (χ4n) is 0. The topological polar surface area (TPSA) is 149 Å². The van der Waals surface area contributed by atoms with Crippen molar-refractivity contribution in [3.8, 4) is 0 Å². The Balaban J connectivity index is -0.0000000178. The Morgan fingerprint density at radius 1 is 0.750 bits per heavy atom. The summed E-state index contributed by atoms with van der Waals surface area (Å²) in [5.41, 5.74) is 0. The molecule has 0 unspecified atom stereocenters. The van der Waals surface area contributed by atoms with Crippen LogP contribution in [0.5, 0.6) is 0 Å². The van der Waals surface area contributed by atoms with Crippen molar-refractivity contribution in [1.82, 2.24) is 0 Å². The number of hydrogen-bond donors (Lipinski definition) is 4. The molecule has 0 aromatic rings. The van der Waals surface area contributed by atoms with Gasteiger partial charge in [-0.3, -0.25) is 18.2 Å². The molecule has 12 heavy (non-hydrogen) atoms. The third-order valence-corrected chi connectivity index (χ3v) is 0. The molecule has 0 rings (SSSR count). The molecule has 0 aromatic carbocycles. The molecule has 0 heterocycles. The van der Waals surface area contributed by atoms with Crippen molar-refractivity contribution in [2.45, 2.75) is 0 Å². The third-order valence-electron chi connectivity index (χ3n) is 0. The summed E-state index contributed by atoms with van der Waals surface area (Å²) in [5.74, 6) is 0. The molecule has 0 spiro atoms. The van der Waals surface area contributed by atoms with Gasteiger partial charge >= 0.3 is 43.9 Å². The molecule has 0 amide bonds. The van der Waals surface area contributed by atoms with E-state index in [0.29, 0.717) is 0 Å². The Morgan fingerprint density at radius 2 is 0.750 bits per heavy atom. The van der Waals surface area contributed by atoms with Crippen molar-refractivity contribution in [1.29, 1.82) is 0 Å². The molecule has 0 saturated heterocycles. The minimum atomic E-state index is -4.67. The summed E-state index contributed by atoms with van der Waals surface area (Å²) in [5, 5.41) is 0. The van der Waals surface area contributed by atoms with Gasteiger partial charge < -0.3 is 2.85 Å². The fourth-order valence-corrected chi connectivity index (χ4v) is 0. The Kier molecular flexibility index (Phi) is 16.6. The van der Waals surface area contributed by atoms with E-state index in [1.165, 1.54) is 0 Å². The Morgan fingerprint density at radius 3 is 0.750 bits per heavy atom. The van der Waals surface area contributed by atoms with Crippen LogP contribution in [0.1, 0.15) is 2.85 Å². The summed E-state index contributed by atoms with van der Waals surface area (Å²) in [7, 11) is -9.33. The quantitative estimate of drug-likeness (QED) is 0.310. The van der Waals surface area contributed by atoms with E-state index in [4.69, 9.17) is 35.0 Å². The Labute approximate surface area is 98.5 Å². The minimum absolute atomic E-state index is 0. The van der Waals surface area contributed by atoms with Gasteiger partial charge in [-0.05, 0) is 0 Å². The van der Waals surface area contributed by atoms with E-state index in [2.05, 4.69) is 0 Å². The normalized spacial score (nSPS) is 9.67. The zero-order valence-electron chi connectivity index (χ0n) is 7.32. The van der Waals surface area contributed by atoms with Gasteiger partial charge in [-0.2, -0.15) is 16.8 Å². The van der Waals surface area contributed by atoms with Crippen molar-refractivity contribution in [2.75, 3.05) is 0 Å². The number of hydrogen-bond acceptors (Lipinski definition) is 4. The first-order chi connectivity index (χ1) is 4.00. The molecule has 0 atom stereocenters. The van der Waals surface area contributed by atoms with Crippen LogP contribution in [0.4, 0.5) is 0 Å². The molecular formula is H6MgMnO8S2. The van der Waals surface area contributed by atoms with Crippen LogP contribution in [0.2, 0.25) is 0 Å². The van der Waals surface area contributed by atoms with Crippen molar-refractivity contribution >= 4 is 43.9 Å². The zero-order chi connectivity index (χ0) is 9.00. The van der Waals surface area contributed by atoms with Gasteiger partial charge in [0.15, 0.2) is 0 Å². The van der Waals surface area contributed by atoms with Gasteiger partial charge in [-0.1, -0.05) is 0 Å². The van der Waals surface area contributed by atoms with E-state index < -0.39 is 20.8 Å².